The first-order valence-corrected chi connectivity index (χ1v) is 7.91. The van der Waals surface area contributed by atoms with Gasteiger partial charge in [0.15, 0.2) is 0 Å². The summed E-state index contributed by atoms with van der Waals surface area (Å²) in [4.78, 5) is 35.7. The maximum atomic E-state index is 12.3. The lowest BCUT2D eigenvalue weighted by atomic mass is 9.76. The Morgan fingerprint density at radius 2 is 1.71 bits per heavy atom. The number of carboxylic acids is 1. The van der Waals surface area contributed by atoms with Gasteiger partial charge in [0.25, 0.3) is 5.91 Å². The Morgan fingerprint density at radius 1 is 1.08 bits per heavy atom. The Kier molecular flexibility index (Phi) is 5.62. The minimum absolute atomic E-state index is 0.299. The molecule has 7 heteroatoms. The summed E-state index contributed by atoms with van der Waals surface area (Å²) in [6.45, 7) is 3.76. The zero-order valence-corrected chi connectivity index (χ0v) is 14.2. The monoisotopic (exact) mass is 350 g/mol. The predicted molar refractivity (Wildman–Crippen MR) is 89.3 cm³/mol. The summed E-state index contributed by atoms with van der Waals surface area (Å²) in [5.74, 6) is -3.55. The van der Waals surface area contributed by atoms with Crippen molar-refractivity contribution < 1.29 is 19.5 Å². The number of rotatable bonds is 3. The van der Waals surface area contributed by atoms with E-state index in [2.05, 4.69) is 10.9 Å². The molecule has 0 aromatic heterocycles. The Labute approximate surface area is 144 Å². The van der Waals surface area contributed by atoms with E-state index in [0.29, 0.717) is 23.4 Å². The number of halogens is 1. The van der Waals surface area contributed by atoms with Crippen LogP contribution in [-0.2, 0) is 9.59 Å². The Hall–Kier alpha value is -2.34. The fourth-order valence-electron chi connectivity index (χ4n) is 2.74. The van der Waals surface area contributed by atoms with Gasteiger partial charge in [-0.3, -0.25) is 25.2 Å². The molecule has 1 aliphatic rings. The van der Waals surface area contributed by atoms with Gasteiger partial charge >= 0.3 is 5.97 Å². The summed E-state index contributed by atoms with van der Waals surface area (Å²) in [7, 11) is 0. The number of hydrogen-bond donors (Lipinski definition) is 3. The van der Waals surface area contributed by atoms with Crippen LogP contribution in [0.25, 0.3) is 0 Å². The molecule has 3 N–H and O–H groups in total. The molecule has 0 bridgehead atoms. The zero-order valence-electron chi connectivity index (χ0n) is 13.4. The molecule has 6 nitrogen and oxygen atoms in total. The van der Waals surface area contributed by atoms with E-state index in [1.54, 1.807) is 18.2 Å². The molecule has 2 amide bonds. The fourth-order valence-corrected chi connectivity index (χ4v) is 2.93. The third kappa shape index (κ3) is 4.14. The number of hydrazine groups is 1. The summed E-state index contributed by atoms with van der Waals surface area (Å²) in [5.41, 5.74) is 6.93. The number of carbonyl (C=O) groups is 3. The number of benzene rings is 1. The number of nitrogens with one attached hydrogen (secondary N) is 2. The summed E-state index contributed by atoms with van der Waals surface area (Å²) in [5, 5.41) is 9.75. The number of carbonyl (C=O) groups excluding carboxylic acids is 2. The second kappa shape index (κ2) is 7.49. The molecule has 0 aliphatic heterocycles. The number of hydrogen-bond acceptors (Lipinski definition) is 3. The number of allylic oxidation sites excluding steroid dienone is 2. The lowest BCUT2D eigenvalue weighted by molar-refractivity contribution is -0.147. The van der Waals surface area contributed by atoms with E-state index >= 15 is 0 Å². The number of carboxylic acid groups (broad SMARTS) is 1. The molecule has 0 spiro atoms. The van der Waals surface area contributed by atoms with Gasteiger partial charge in [-0.05, 0) is 44.9 Å². The summed E-state index contributed by atoms with van der Waals surface area (Å²) in [6, 6.07) is 6.29. The van der Waals surface area contributed by atoms with Crippen LogP contribution in [0.1, 0.15) is 37.0 Å². The minimum atomic E-state index is -1.01. The van der Waals surface area contributed by atoms with Crippen molar-refractivity contribution in [2.24, 2.45) is 11.8 Å². The maximum Gasteiger partial charge on any atom is 0.307 e. The fraction of sp³-hybridized carbons (Fsp3) is 0.353. The molecule has 0 heterocycles. The van der Waals surface area contributed by atoms with E-state index in [1.807, 2.05) is 13.8 Å². The molecule has 24 heavy (non-hydrogen) atoms. The second-order valence-corrected chi connectivity index (χ2v) is 6.41. The zero-order chi connectivity index (χ0) is 17.9. The highest BCUT2D eigenvalue weighted by Crippen LogP contribution is 2.34. The van der Waals surface area contributed by atoms with Crippen LogP contribution < -0.4 is 10.9 Å². The molecule has 1 aromatic rings. The largest absolute Gasteiger partial charge is 0.481 e. The van der Waals surface area contributed by atoms with Gasteiger partial charge in [0.1, 0.15) is 0 Å². The van der Waals surface area contributed by atoms with Crippen LogP contribution in [0.5, 0.6) is 0 Å². The highest BCUT2D eigenvalue weighted by Gasteiger charge is 2.37. The van der Waals surface area contributed by atoms with Crippen LogP contribution in [0.4, 0.5) is 0 Å². The molecule has 1 aromatic carbocycles. The van der Waals surface area contributed by atoms with Gasteiger partial charge in [0.05, 0.1) is 11.8 Å². The van der Waals surface area contributed by atoms with Crippen LogP contribution in [0.15, 0.2) is 35.4 Å². The molecule has 128 valence electrons. The van der Waals surface area contributed by atoms with Crippen molar-refractivity contribution in [3.63, 3.8) is 0 Å². The van der Waals surface area contributed by atoms with Gasteiger partial charge < -0.3 is 5.11 Å². The van der Waals surface area contributed by atoms with Crippen LogP contribution in [0.3, 0.4) is 0 Å². The highest BCUT2D eigenvalue weighted by atomic mass is 35.5. The Bertz CT molecular complexity index is 714. The van der Waals surface area contributed by atoms with Crippen molar-refractivity contribution in [1.29, 1.82) is 0 Å². The van der Waals surface area contributed by atoms with Crippen molar-refractivity contribution in [2.45, 2.75) is 26.7 Å². The Balaban J connectivity index is 2.03. The lowest BCUT2D eigenvalue weighted by Crippen LogP contribution is -2.48. The first-order valence-electron chi connectivity index (χ1n) is 7.53. The lowest BCUT2D eigenvalue weighted by Gasteiger charge is -2.29. The van der Waals surface area contributed by atoms with E-state index < -0.39 is 29.6 Å². The molecule has 0 fully saturated rings. The minimum Gasteiger partial charge on any atom is -0.481 e. The van der Waals surface area contributed by atoms with Gasteiger partial charge in [-0.2, -0.15) is 0 Å². The topological polar surface area (TPSA) is 95.5 Å². The van der Waals surface area contributed by atoms with Crippen molar-refractivity contribution in [3.05, 3.63) is 46.0 Å². The molecule has 2 atom stereocenters. The smallest absolute Gasteiger partial charge is 0.307 e. The van der Waals surface area contributed by atoms with E-state index in [-0.39, 0.29) is 0 Å². The third-order valence-corrected chi connectivity index (χ3v) is 4.54. The molecular weight excluding hydrogens is 332 g/mol. The highest BCUT2D eigenvalue weighted by molar-refractivity contribution is 6.30. The van der Waals surface area contributed by atoms with E-state index in [4.69, 9.17) is 11.6 Å². The second-order valence-electron chi connectivity index (χ2n) is 5.97. The SMILES string of the molecule is CC1=C(C)C[C@@H](C(=O)O)[C@@H](C(=O)NNC(=O)c2cccc(Cl)c2)C1. The summed E-state index contributed by atoms with van der Waals surface area (Å²) >= 11 is 5.82. The molecule has 0 saturated heterocycles. The molecule has 1 aliphatic carbocycles. The van der Waals surface area contributed by atoms with Crippen LogP contribution in [0, 0.1) is 11.8 Å². The van der Waals surface area contributed by atoms with Crippen molar-refractivity contribution >= 4 is 29.4 Å². The Morgan fingerprint density at radius 3 is 2.29 bits per heavy atom. The van der Waals surface area contributed by atoms with Crippen LogP contribution >= 0.6 is 11.6 Å². The van der Waals surface area contributed by atoms with E-state index in [1.165, 1.54) is 6.07 Å². The van der Waals surface area contributed by atoms with E-state index in [0.717, 1.165) is 11.1 Å². The summed E-state index contributed by atoms with van der Waals surface area (Å²) in [6.07, 6.45) is 0.698. The maximum absolute atomic E-state index is 12.3. The quantitative estimate of drug-likeness (QED) is 0.576. The van der Waals surface area contributed by atoms with Gasteiger partial charge in [-0.1, -0.05) is 28.8 Å². The molecular formula is C17H19ClN2O4. The molecule has 0 radical (unpaired) electrons. The van der Waals surface area contributed by atoms with Gasteiger partial charge in [-0.15, -0.1) is 0 Å². The van der Waals surface area contributed by atoms with E-state index in [9.17, 15) is 19.5 Å². The molecule has 0 saturated carbocycles. The van der Waals surface area contributed by atoms with Crippen LogP contribution in [0.2, 0.25) is 5.02 Å². The number of amides is 2. The molecule has 2 rings (SSSR count). The predicted octanol–water partition coefficient (Wildman–Crippen LogP) is 2.55. The summed E-state index contributed by atoms with van der Waals surface area (Å²) < 4.78 is 0. The van der Waals surface area contributed by atoms with Gasteiger partial charge in [0, 0.05) is 10.6 Å². The van der Waals surface area contributed by atoms with Gasteiger partial charge in [0.2, 0.25) is 5.91 Å². The average Bonchev–Trinajstić information content (AvgIpc) is 2.54. The van der Waals surface area contributed by atoms with Crippen molar-refractivity contribution in [1.82, 2.24) is 10.9 Å². The van der Waals surface area contributed by atoms with Crippen molar-refractivity contribution in [2.75, 3.05) is 0 Å². The number of aliphatic carboxylic acids is 1. The standard InChI is InChI=1S/C17H19ClN2O4/c1-9-6-13(14(17(23)24)7-10(9)2)16(22)20-19-15(21)11-4-3-5-12(18)8-11/h3-5,8,13-14H,6-7H2,1-2H3,(H,19,21)(H,20,22)(H,23,24)/t13-,14+/m0/s1. The van der Waals surface area contributed by atoms with Crippen LogP contribution in [-0.4, -0.2) is 22.9 Å². The normalized spacial score (nSPS) is 20.5. The molecule has 0 unspecified atom stereocenters. The first-order chi connectivity index (χ1) is 11.3. The third-order valence-electron chi connectivity index (χ3n) is 4.31. The van der Waals surface area contributed by atoms with Gasteiger partial charge in [-0.25, -0.2) is 0 Å². The average molecular weight is 351 g/mol. The van der Waals surface area contributed by atoms with Crippen molar-refractivity contribution in [3.8, 4) is 0 Å². The first kappa shape index (κ1) is 18.0.